The molecule has 0 saturated heterocycles. The van der Waals surface area contributed by atoms with Gasteiger partial charge in [0.2, 0.25) is 0 Å². The summed E-state index contributed by atoms with van der Waals surface area (Å²) in [6.07, 6.45) is 0.680. The summed E-state index contributed by atoms with van der Waals surface area (Å²) in [7, 11) is 3.16. The number of fused-ring (bicyclic) bond motifs is 1. The highest BCUT2D eigenvalue weighted by Crippen LogP contribution is 2.37. The van der Waals surface area contributed by atoms with Crippen LogP contribution in [0.3, 0.4) is 0 Å². The largest absolute Gasteiger partial charge is 0.495 e. The summed E-state index contributed by atoms with van der Waals surface area (Å²) in [5, 5.41) is 3.48. The van der Waals surface area contributed by atoms with Gasteiger partial charge in [0.25, 0.3) is 0 Å². The van der Waals surface area contributed by atoms with Crippen LogP contribution in [-0.4, -0.2) is 32.4 Å². The van der Waals surface area contributed by atoms with Crippen molar-refractivity contribution in [3.63, 3.8) is 0 Å². The van der Waals surface area contributed by atoms with Gasteiger partial charge in [0.1, 0.15) is 17.0 Å². The monoisotopic (exact) mass is 475 g/mol. The number of pyridine rings is 1. The number of nitrogens with zero attached hydrogens (tertiary/aromatic N) is 4. The number of Topliss-reactive ketones (excluding diaryl/α,β-unsaturated/α-hetero) is 1. The van der Waals surface area contributed by atoms with Crippen molar-refractivity contribution >= 4 is 39.0 Å². The SMILES string of the molecule is COc1cc(C(F)(F)F)ccc1Nc1ncc(C(C)CC(=O)c2cc3c(cn2)ncn3C)s1. The van der Waals surface area contributed by atoms with E-state index in [9.17, 15) is 18.0 Å². The van der Waals surface area contributed by atoms with Crippen LogP contribution in [-0.2, 0) is 13.2 Å². The Morgan fingerprint density at radius 3 is 2.73 bits per heavy atom. The van der Waals surface area contributed by atoms with Gasteiger partial charge in [-0.1, -0.05) is 6.92 Å². The Labute approximate surface area is 191 Å². The van der Waals surface area contributed by atoms with Crippen LogP contribution >= 0.6 is 11.3 Å². The Balaban J connectivity index is 1.46. The number of ketones is 1. The zero-order valence-corrected chi connectivity index (χ0v) is 18.8. The molecular formula is C22H20F3N5O2S. The van der Waals surface area contributed by atoms with Gasteiger partial charge in [-0.3, -0.25) is 9.78 Å². The van der Waals surface area contributed by atoms with Crippen LogP contribution in [0.15, 0.2) is 43.0 Å². The normalized spacial score (nSPS) is 12.7. The minimum Gasteiger partial charge on any atom is -0.495 e. The fourth-order valence-corrected chi connectivity index (χ4v) is 4.20. The molecular weight excluding hydrogens is 455 g/mol. The molecule has 7 nitrogen and oxygen atoms in total. The number of anilines is 2. The van der Waals surface area contributed by atoms with E-state index in [1.54, 1.807) is 24.8 Å². The number of rotatable bonds is 7. The molecule has 1 N–H and O–H groups in total. The summed E-state index contributed by atoms with van der Waals surface area (Å²) < 4.78 is 45.7. The number of ether oxygens (including phenoxy) is 1. The zero-order valence-electron chi connectivity index (χ0n) is 18.0. The fraction of sp³-hybridized carbons (Fsp3) is 0.273. The fourth-order valence-electron chi connectivity index (χ4n) is 3.32. The first kappa shape index (κ1) is 22.7. The number of alkyl halides is 3. The number of methoxy groups -OCH3 is 1. The van der Waals surface area contributed by atoms with Gasteiger partial charge in [-0.15, -0.1) is 11.3 Å². The van der Waals surface area contributed by atoms with Gasteiger partial charge in [-0.05, 0) is 30.2 Å². The number of imidazole rings is 1. The third kappa shape index (κ3) is 4.82. The number of halogens is 3. The van der Waals surface area contributed by atoms with Crippen molar-refractivity contribution in [2.45, 2.75) is 25.4 Å². The second-order valence-electron chi connectivity index (χ2n) is 7.55. The second-order valence-corrected chi connectivity index (χ2v) is 8.61. The Morgan fingerprint density at radius 1 is 1.21 bits per heavy atom. The van der Waals surface area contributed by atoms with Gasteiger partial charge in [-0.2, -0.15) is 13.2 Å². The number of carbonyl (C=O) groups is 1. The number of benzene rings is 1. The van der Waals surface area contributed by atoms with E-state index in [2.05, 4.69) is 20.3 Å². The number of hydrogen-bond acceptors (Lipinski definition) is 7. The van der Waals surface area contributed by atoms with E-state index in [0.29, 0.717) is 16.5 Å². The lowest BCUT2D eigenvalue weighted by molar-refractivity contribution is -0.137. The van der Waals surface area contributed by atoms with Crippen LogP contribution in [0.1, 0.15) is 40.2 Å². The van der Waals surface area contributed by atoms with Crippen molar-refractivity contribution < 1.29 is 22.7 Å². The molecule has 0 saturated carbocycles. The maximum absolute atomic E-state index is 12.9. The number of thiazole rings is 1. The maximum Gasteiger partial charge on any atom is 0.416 e. The predicted octanol–water partition coefficient (Wildman–Crippen LogP) is 5.57. The average molecular weight is 475 g/mol. The smallest absolute Gasteiger partial charge is 0.416 e. The van der Waals surface area contributed by atoms with Crippen LogP contribution in [0, 0.1) is 0 Å². The molecule has 0 bridgehead atoms. The molecule has 0 amide bonds. The number of hydrogen-bond donors (Lipinski definition) is 1. The lowest BCUT2D eigenvalue weighted by Gasteiger charge is -2.13. The van der Waals surface area contributed by atoms with Gasteiger partial charge in [-0.25, -0.2) is 9.97 Å². The lowest BCUT2D eigenvalue weighted by Crippen LogP contribution is -2.06. The molecule has 0 fully saturated rings. The van der Waals surface area contributed by atoms with Crippen LogP contribution < -0.4 is 10.1 Å². The van der Waals surface area contributed by atoms with Gasteiger partial charge in [0.05, 0.1) is 36.4 Å². The van der Waals surface area contributed by atoms with Crippen LogP contribution in [0.5, 0.6) is 5.75 Å². The van der Waals surface area contributed by atoms with Crippen molar-refractivity contribution in [3.8, 4) is 5.75 Å². The van der Waals surface area contributed by atoms with Crippen LogP contribution in [0.4, 0.5) is 24.0 Å². The van der Waals surface area contributed by atoms with Crippen molar-refractivity contribution in [2.24, 2.45) is 7.05 Å². The van der Waals surface area contributed by atoms with E-state index < -0.39 is 11.7 Å². The molecule has 3 heterocycles. The summed E-state index contributed by atoms with van der Waals surface area (Å²) in [5.41, 5.74) is 1.49. The molecule has 11 heteroatoms. The summed E-state index contributed by atoms with van der Waals surface area (Å²) in [4.78, 5) is 26.4. The number of nitrogens with one attached hydrogen (secondary N) is 1. The highest BCUT2D eigenvalue weighted by atomic mass is 32.1. The first-order valence-electron chi connectivity index (χ1n) is 9.94. The van der Waals surface area contributed by atoms with Gasteiger partial charge in [0, 0.05) is 24.5 Å². The second kappa shape index (κ2) is 8.81. The molecule has 172 valence electrons. The lowest BCUT2D eigenvalue weighted by atomic mass is 10.0. The Hall–Kier alpha value is -3.47. The summed E-state index contributed by atoms with van der Waals surface area (Å²) in [6, 6.07) is 4.95. The Kier molecular flexibility index (Phi) is 6.07. The Morgan fingerprint density at radius 2 is 2.00 bits per heavy atom. The van der Waals surface area contributed by atoms with Crippen molar-refractivity contribution in [1.29, 1.82) is 0 Å². The minimum absolute atomic E-state index is 0.0569. The quantitative estimate of drug-likeness (QED) is 0.352. The summed E-state index contributed by atoms with van der Waals surface area (Å²) in [5.74, 6) is -0.163. The van der Waals surface area contributed by atoms with Crippen LogP contribution in [0.25, 0.3) is 11.0 Å². The first-order chi connectivity index (χ1) is 15.7. The highest BCUT2D eigenvalue weighted by molar-refractivity contribution is 7.15. The van der Waals surface area contributed by atoms with Gasteiger partial charge < -0.3 is 14.6 Å². The zero-order chi connectivity index (χ0) is 23.8. The number of aryl methyl sites for hydroxylation is 1. The van der Waals surface area contributed by atoms with Crippen LogP contribution in [0.2, 0.25) is 0 Å². The molecule has 4 rings (SSSR count). The molecule has 33 heavy (non-hydrogen) atoms. The first-order valence-corrected chi connectivity index (χ1v) is 10.8. The number of aromatic nitrogens is 4. The van der Waals surface area contributed by atoms with E-state index in [-0.39, 0.29) is 23.9 Å². The van der Waals surface area contributed by atoms with E-state index in [1.165, 1.54) is 24.5 Å². The summed E-state index contributed by atoms with van der Waals surface area (Å²) in [6.45, 7) is 1.91. The molecule has 1 aromatic carbocycles. The van der Waals surface area contributed by atoms with Crippen molar-refractivity contribution in [1.82, 2.24) is 19.5 Å². The minimum atomic E-state index is -4.46. The molecule has 3 aromatic heterocycles. The third-order valence-electron chi connectivity index (χ3n) is 5.17. The Bertz CT molecular complexity index is 1320. The van der Waals surface area contributed by atoms with Gasteiger partial charge >= 0.3 is 6.18 Å². The number of carbonyl (C=O) groups excluding carboxylic acids is 1. The maximum atomic E-state index is 12.9. The third-order valence-corrected chi connectivity index (χ3v) is 6.31. The average Bonchev–Trinajstić information content (AvgIpc) is 3.40. The molecule has 4 aromatic rings. The molecule has 1 unspecified atom stereocenters. The molecule has 0 aliphatic carbocycles. The standard InChI is InChI=1S/C22H20F3N5O2S/c1-12(6-18(31)15-8-17-16(9-26-15)28-11-30(17)2)20-10-27-21(33-20)29-14-5-4-13(22(23,24)25)7-19(14)32-3/h4-5,7-12H,6H2,1-3H3,(H,27,29). The molecule has 0 spiro atoms. The molecule has 1 atom stereocenters. The highest BCUT2D eigenvalue weighted by Gasteiger charge is 2.31. The molecule has 0 aliphatic heterocycles. The molecule has 0 aliphatic rings. The van der Waals surface area contributed by atoms with Crippen molar-refractivity contribution in [2.75, 3.05) is 12.4 Å². The van der Waals surface area contributed by atoms with E-state index in [1.807, 2.05) is 18.5 Å². The molecule has 0 radical (unpaired) electrons. The van der Waals surface area contributed by atoms with E-state index in [0.717, 1.165) is 28.0 Å². The van der Waals surface area contributed by atoms with Crippen molar-refractivity contribution in [3.05, 3.63) is 59.1 Å². The van der Waals surface area contributed by atoms with Gasteiger partial charge in [0.15, 0.2) is 10.9 Å². The topological polar surface area (TPSA) is 81.9 Å². The van der Waals surface area contributed by atoms with E-state index >= 15 is 0 Å². The van der Waals surface area contributed by atoms with E-state index in [4.69, 9.17) is 4.74 Å². The predicted molar refractivity (Wildman–Crippen MR) is 119 cm³/mol. The summed E-state index contributed by atoms with van der Waals surface area (Å²) >= 11 is 1.32.